The molecular weight excluding hydrogens is 468 g/mol. The molecule has 0 aliphatic heterocycles. The number of hydrogen-bond donors (Lipinski definition) is 1. The third-order valence-corrected chi connectivity index (χ3v) is 11.3. The number of aliphatic hydroxyl groups is 1. The van der Waals surface area contributed by atoms with Crippen LogP contribution in [0.25, 0.3) is 0 Å². The second-order valence-corrected chi connectivity index (χ2v) is 13.6. The first-order valence-electron chi connectivity index (χ1n) is 13.8. The number of fused-ring (bicyclic) bond motifs is 4. The van der Waals surface area contributed by atoms with Crippen molar-refractivity contribution >= 4 is 23.3 Å². The van der Waals surface area contributed by atoms with E-state index in [2.05, 4.69) is 20.8 Å². The molecule has 4 rings (SSSR count). The summed E-state index contributed by atoms with van der Waals surface area (Å²) in [5.74, 6) is -0.989. The lowest BCUT2D eigenvalue weighted by Gasteiger charge is -2.60. The Morgan fingerprint density at radius 3 is 2.32 bits per heavy atom. The van der Waals surface area contributed by atoms with Crippen LogP contribution < -0.4 is 0 Å². The largest absolute Gasteiger partial charge is 0.469 e. The first-order chi connectivity index (χ1) is 17.0. The van der Waals surface area contributed by atoms with Gasteiger partial charge in [0.2, 0.25) is 0 Å². The molecule has 6 heteroatoms. The van der Waals surface area contributed by atoms with Gasteiger partial charge in [-0.1, -0.05) is 47.1 Å². The molecule has 0 aromatic rings. The number of allylic oxidation sites excluding steroid dienone is 4. The Morgan fingerprint density at radius 2 is 1.70 bits per heavy atom. The molecule has 2 fully saturated rings. The molecule has 0 aromatic heterocycles. The van der Waals surface area contributed by atoms with E-state index in [1.807, 2.05) is 20.8 Å². The third-order valence-electron chi connectivity index (χ3n) is 11.3. The summed E-state index contributed by atoms with van der Waals surface area (Å²) in [6.45, 7) is 14.1. The summed E-state index contributed by atoms with van der Waals surface area (Å²) in [6, 6.07) is 0. The fraction of sp³-hybridized carbons (Fsp3) is 0.742. The summed E-state index contributed by atoms with van der Waals surface area (Å²) >= 11 is 0. The number of hydrogen-bond acceptors (Lipinski definition) is 6. The minimum atomic E-state index is -0.512. The second kappa shape index (κ2) is 9.00. The highest BCUT2D eigenvalue weighted by Crippen LogP contribution is 2.70. The van der Waals surface area contributed by atoms with Gasteiger partial charge in [0.25, 0.3) is 0 Å². The Hall–Kier alpha value is -2.08. The highest BCUT2D eigenvalue weighted by molar-refractivity contribution is 6.11. The molecule has 204 valence electrons. The summed E-state index contributed by atoms with van der Waals surface area (Å²) in [5, 5.41) is 10.8. The molecule has 7 unspecified atom stereocenters. The fourth-order valence-electron chi connectivity index (χ4n) is 8.88. The first-order valence-corrected chi connectivity index (χ1v) is 13.8. The molecule has 6 nitrogen and oxygen atoms in total. The number of rotatable bonds is 5. The van der Waals surface area contributed by atoms with Crippen LogP contribution in [0.1, 0.15) is 93.4 Å². The number of methoxy groups -OCH3 is 1. The third kappa shape index (κ3) is 3.92. The first kappa shape index (κ1) is 27.9. The number of ketones is 3. The van der Waals surface area contributed by atoms with Crippen LogP contribution in [0.2, 0.25) is 0 Å². The van der Waals surface area contributed by atoms with Crippen molar-refractivity contribution in [2.45, 2.75) is 99.5 Å². The SMILES string of the molecule is COC(=O)C(C)CC(=O)C=C(C)C1CCC2(C)C3=C(C(=O)CC12C)C1(C)CCC(O)C(C)(C)C1CC3=O. The normalized spacial score (nSPS) is 40.0. The zero-order valence-electron chi connectivity index (χ0n) is 23.8. The minimum absolute atomic E-state index is 0.00386. The predicted molar refractivity (Wildman–Crippen MR) is 140 cm³/mol. The molecule has 7 atom stereocenters. The molecule has 0 aromatic carbocycles. The van der Waals surface area contributed by atoms with Gasteiger partial charge in [-0.25, -0.2) is 0 Å². The zero-order valence-corrected chi connectivity index (χ0v) is 23.8. The van der Waals surface area contributed by atoms with Gasteiger partial charge in [0.1, 0.15) is 0 Å². The van der Waals surface area contributed by atoms with Crippen molar-refractivity contribution in [2.75, 3.05) is 7.11 Å². The van der Waals surface area contributed by atoms with Gasteiger partial charge in [-0.15, -0.1) is 0 Å². The van der Waals surface area contributed by atoms with Crippen LogP contribution in [0, 0.1) is 39.4 Å². The fourth-order valence-corrected chi connectivity index (χ4v) is 8.88. The maximum absolute atomic E-state index is 14.1. The van der Waals surface area contributed by atoms with Gasteiger partial charge in [-0.3, -0.25) is 19.2 Å². The van der Waals surface area contributed by atoms with Crippen molar-refractivity contribution in [2.24, 2.45) is 39.4 Å². The Bertz CT molecular complexity index is 1110. The molecule has 2 saturated carbocycles. The van der Waals surface area contributed by atoms with Crippen LogP contribution in [0.4, 0.5) is 0 Å². The minimum Gasteiger partial charge on any atom is -0.469 e. The number of ether oxygens (including phenoxy) is 1. The molecule has 0 bridgehead atoms. The van der Waals surface area contributed by atoms with Crippen LogP contribution in [-0.2, 0) is 23.9 Å². The van der Waals surface area contributed by atoms with E-state index in [0.717, 1.165) is 29.6 Å². The van der Waals surface area contributed by atoms with Crippen molar-refractivity contribution in [3.8, 4) is 0 Å². The van der Waals surface area contributed by atoms with E-state index in [-0.39, 0.29) is 35.6 Å². The van der Waals surface area contributed by atoms with Crippen LogP contribution in [0.15, 0.2) is 22.8 Å². The Labute approximate surface area is 221 Å². The Morgan fingerprint density at radius 1 is 1.05 bits per heavy atom. The smallest absolute Gasteiger partial charge is 0.308 e. The molecule has 0 saturated heterocycles. The molecule has 0 amide bonds. The molecule has 1 N–H and O–H groups in total. The van der Waals surface area contributed by atoms with Crippen molar-refractivity contribution in [1.82, 2.24) is 0 Å². The monoisotopic (exact) mass is 512 g/mol. The Balaban J connectivity index is 1.73. The number of Topliss-reactive ketones (excluding diaryl/α,β-unsaturated/α-hetero) is 2. The lowest BCUT2D eigenvalue weighted by atomic mass is 9.43. The van der Waals surface area contributed by atoms with Gasteiger partial charge >= 0.3 is 5.97 Å². The van der Waals surface area contributed by atoms with Gasteiger partial charge < -0.3 is 9.84 Å². The molecule has 0 radical (unpaired) electrons. The highest BCUT2D eigenvalue weighted by atomic mass is 16.5. The van der Waals surface area contributed by atoms with E-state index in [1.165, 1.54) is 7.11 Å². The van der Waals surface area contributed by atoms with E-state index in [9.17, 15) is 24.3 Å². The number of carbonyl (C=O) groups excluding carboxylic acids is 4. The van der Waals surface area contributed by atoms with Gasteiger partial charge in [-0.2, -0.15) is 0 Å². The number of aliphatic hydroxyl groups excluding tert-OH is 1. The summed E-state index contributed by atoms with van der Waals surface area (Å²) in [6.07, 6.45) is 4.88. The van der Waals surface area contributed by atoms with E-state index < -0.39 is 39.7 Å². The quantitative estimate of drug-likeness (QED) is 0.403. The van der Waals surface area contributed by atoms with Crippen molar-refractivity contribution in [3.63, 3.8) is 0 Å². The van der Waals surface area contributed by atoms with Crippen molar-refractivity contribution < 1.29 is 29.0 Å². The van der Waals surface area contributed by atoms with Gasteiger partial charge in [0, 0.05) is 41.2 Å². The molecule has 4 aliphatic rings. The molecule has 0 heterocycles. The molecule has 0 spiro atoms. The van der Waals surface area contributed by atoms with Gasteiger partial charge in [-0.05, 0) is 61.3 Å². The number of esters is 1. The molecule has 4 aliphatic carbocycles. The van der Waals surface area contributed by atoms with Crippen molar-refractivity contribution in [1.29, 1.82) is 0 Å². The van der Waals surface area contributed by atoms with Crippen LogP contribution in [-0.4, -0.2) is 41.6 Å². The molecule has 37 heavy (non-hydrogen) atoms. The second-order valence-electron chi connectivity index (χ2n) is 13.6. The zero-order chi connectivity index (χ0) is 27.7. The summed E-state index contributed by atoms with van der Waals surface area (Å²) in [5.41, 5.74) is 0.597. The summed E-state index contributed by atoms with van der Waals surface area (Å²) in [4.78, 5) is 52.5. The average molecular weight is 513 g/mol. The van der Waals surface area contributed by atoms with E-state index in [1.54, 1.807) is 13.0 Å². The van der Waals surface area contributed by atoms with Crippen LogP contribution in [0.3, 0.4) is 0 Å². The van der Waals surface area contributed by atoms with E-state index in [4.69, 9.17) is 4.74 Å². The maximum Gasteiger partial charge on any atom is 0.308 e. The molecular formula is C31H44O6. The van der Waals surface area contributed by atoms with E-state index >= 15 is 0 Å². The Kier molecular flexibility index (Phi) is 6.79. The topological polar surface area (TPSA) is 97.7 Å². The maximum atomic E-state index is 14.1. The standard InChI is InChI=1S/C31H44O6/c1-17(13-19(32)14-18(2)27(36)37-8)20-9-12-30(6)26-21(33)15-23-28(3,4)24(35)10-11-29(23,5)25(26)22(34)16-31(20,30)7/h13,18,20,23-24,35H,9-12,14-16H2,1-8H3. The average Bonchev–Trinajstić information content (AvgIpc) is 3.08. The summed E-state index contributed by atoms with van der Waals surface area (Å²) < 4.78 is 4.75. The van der Waals surface area contributed by atoms with Crippen LogP contribution in [0.5, 0.6) is 0 Å². The lowest BCUT2D eigenvalue weighted by molar-refractivity contribution is -0.146. The van der Waals surface area contributed by atoms with E-state index in [0.29, 0.717) is 25.7 Å². The predicted octanol–water partition coefficient (Wildman–Crippen LogP) is 5.17. The van der Waals surface area contributed by atoms with Gasteiger partial charge in [0.15, 0.2) is 17.3 Å². The van der Waals surface area contributed by atoms with Gasteiger partial charge in [0.05, 0.1) is 19.1 Å². The number of carbonyl (C=O) groups is 4. The van der Waals surface area contributed by atoms with Crippen LogP contribution >= 0.6 is 0 Å². The lowest BCUT2D eigenvalue weighted by Crippen LogP contribution is -2.58. The van der Waals surface area contributed by atoms with Crippen molar-refractivity contribution in [3.05, 3.63) is 22.8 Å². The summed E-state index contributed by atoms with van der Waals surface area (Å²) in [7, 11) is 1.32. The highest BCUT2D eigenvalue weighted by Gasteiger charge is 2.67.